The van der Waals surface area contributed by atoms with Crippen molar-refractivity contribution in [3.8, 4) is 0 Å². The van der Waals surface area contributed by atoms with Gasteiger partial charge in [0.25, 0.3) is 0 Å². The van der Waals surface area contributed by atoms with Crippen LogP contribution in [0.3, 0.4) is 0 Å². The Kier molecular flexibility index (Phi) is 1.61. The highest BCUT2D eigenvalue weighted by Gasteiger charge is 2.17. The van der Waals surface area contributed by atoms with Crippen LogP contribution in [0.2, 0.25) is 0 Å². The maximum absolute atomic E-state index is 4.00. The van der Waals surface area contributed by atoms with Crippen LogP contribution in [0.5, 0.6) is 0 Å². The van der Waals surface area contributed by atoms with Gasteiger partial charge < -0.3 is 4.57 Å². The molecule has 0 saturated heterocycles. The Morgan fingerprint density at radius 3 is 2.87 bits per heavy atom. The van der Waals surface area contributed by atoms with Gasteiger partial charge in [-0.2, -0.15) is 15.2 Å². The summed E-state index contributed by atoms with van der Waals surface area (Å²) in [4.78, 5) is 7.82. The van der Waals surface area contributed by atoms with Gasteiger partial charge in [0.1, 0.15) is 18.4 Å². The molecule has 15 heavy (non-hydrogen) atoms. The van der Waals surface area contributed by atoms with E-state index < -0.39 is 0 Å². The highest BCUT2D eigenvalue weighted by atomic mass is 15.4. The highest BCUT2D eigenvalue weighted by molar-refractivity contribution is 6.18. The van der Waals surface area contributed by atoms with E-state index in [1.54, 1.807) is 29.7 Å². The summed E-state index contributed by atoms with van der Waals surface area (Å²) in [6.07, 6.45) is 9.87. The highest BCUT2D eigenvalue weighted by Crippen LogP contribution is 2.11. The molecule has 0 atom stereocenters. The fourth-order valence-electron chi connectivity index (χ4n) is 1.31. The summed E-state index contributed by atoms with van der Waals surface area (Å²) in [5.74, 6) is 0.630. The molecule has 1 radical (unpaired) electrons. The lowest BCUT2D eigenvalue weighted by molar-refractivity contribution is 0.898. The number of nitrogens with zero attached hydrogens (tertiary/aromatic N) is 7. The minimum Gasteiger partial charge on any atom is -0.301 e. The molecular formula is C8H6N7. The molecule has 7 heteroatoms. The van der Waals surface area contributed by atoms with E-state index in [2.05, 4.69) is 25.6 Å². The van der Waals surface area contributed by atoms with Gasteiger partial charge in [-0.3, -0.25) is 0 Å². The van der Waals surface area contributed by atoms with E-state index in [0.717, 1.165) is 5.70 Å². The van der Waals surface area contributed by atoms with Crippen molar-refractivity contribution in [3.63, 3.8) is 0 Å². The Morgan fingerprint density at radius 2 is 2.13 bits per heavy atom. The molecule has 0 fully saturated rings. The molecule has 0 bridgehead atoms. The average Bonchev–Trinajstić information content (AvgIpc) is 3.01. The van der Waals surface area contributed by atoms with Gasteiger partial charge in [0, 0.05) is 12.4 Å². The third-order valence-electron chi connectivity index (χ3n) is 1.98. The molecule has 0 N–H and O–H groups in total. The number of rotatable bonds is 1. The molecule has 0 saturated carbocycles. The smallest absolute Gasteiger partial charge is 0.203 e. The Labute approximate surface area is 84.8 Å². The summed E-state index contributed by atoms with van der Waals surface area (Å²) < 4.78 is 3.37. The minimum atomic E-state index is 0.630. The lowest BCUT2D eigenvalue weighted by Gasteiger charge is -2.04. The fraction of sp³-hybridized carbons (Fsp3) is 0. The molecule has 0 amide bonds. The van der Waals surface area contributed by atoms with E-state index in [1.165, 1.54) is 6.33 Å². The molecule has 1 aliphatic heterocycles. The molecule has 2 aromatic heterocycles. The zero-order chi connectivity index (χ0) is 10.1. The summed E-state index contributed by atoms with van der Waals surface area (Å²) in [7, 11) is 0. The van der Waals surface area contributed by atoms with Gasteiger partial charge in [-0.05, 0) is 0 Å². The molecule has 2 aromatic rings. The van der Waals surface area contributed by atoms with E-state index in [4.69, 9.17) is 0 Å². The standard InChI is InChI=1S/C8H6N7/c1-2-14(5-9-1)7-3-11-13-8(7)15-6-10-4-12-15/h1-6H. The maximum Gasteiger partial charge on any atom is 0.203 e. The summed E-state index contributed by atoms with van der Waals surface area (Å²) in [5, 5.41) is 7.98. The normalized spacial score (nSPS) is 14.7. The van der Waals surface area contributed by atoms with E-state index in [0.29, 0.717) is 5.84 Å². The zero-order valence-corrected chi connectivity index (χ0v) is 7.59. The largest absolute Gasteiger partial charge is 0.301 e. The Hall–Kier alpha value is -2.44. The van der Waals surface area contributed by atoms with Crippen LogP contribution in [0.1, 0.15) is 0 Å². The van der Waals surface area contributed by atoms with Crippen molar-refractivity contribution in [2.24, 2.45) is 5.10 Å². The minimum absolute atomic E-state index is 0.630. The number of imidazole rings is 1. The first-order valence-electron chi connectivity index (χ1n) is 4.27. The molecular weight excluding hydrogens is 194 g/mol. The lowest BCUT2D eigenvalue weighted by atomic mass is 10.4. The van der Waals surface area contributed by atoms with Gasteiger partial charge in [0.2, 0.25) is 5.84 Å². The summed E-state index contributed by atoms with van der Waals surface area (Å²) >= 11 is 0. The number of aromatic nitrogens is 5. The van der Waals surface area contributed by atoms with Crippen molar-refractivity contribution in [1.82, 2.24) is 29.7 Å². The predicted molar refractivity (Wildman–Crippen MR) is 51.5 cm³/mol. The summed E-state index contributed by atoms with van der Waals surface area (Å²) in [6, 6.07) is 0. The van der Waals surface area contributed by atoms with Gasteiger partial charge in [-0.25, -0.2) is 9.97 Å². The first-order valence-corrected chi connectivity index (χ1v) is 4.27. The van der Waals surface area contributed by atoms with E-state index in [9.17, 15) is 0 Å². The van der Waals surface area contributed by atoms with E-state index in [-0.39, 0.29) is 0 Å². The third kappa shape index (κ3) is 1.21. The number of hydrogen-bond donors (Lipinski definition) is 0. The van der Waals surface area contributed by atoms with Crippen LogP contribution in [-0.4, -0.2) is 30.2 Å². The number of allylic oxidation sites excluding steroid dienone is 1. The summed E-state index contributed by atoms with van der Waals surface area (Å²) in [6.45, 7) is 0. The second-order valence-corrected chi connectivity index (χ2v) is 2.86. The Morgan fingerprint density at radius 1 is 1.13 bits per heavy atom. The SMILES string of the molecule is C1=C(n2ccnc2)C(n2cncn2)=N[N]1. The Balaban J connectivity index is 2.02. The predicted octanol–water partition coefficient (Wildman–Crippen LogP) is -0.247. The van der Waals surface area contributed by atoms with Crippen molar-refractivity contribution >= 4 is 11.5 Å². The second kappa shape index (κ2) is 3.05. The van der Waals surface area contributed by atoms with Gasteiger partial charge in [-0.15, -0.1) is 5.10 Å². The molecule has 0 aromatic carbocycles. The molecule has 1 aliphatic rings. The topological polar surface area (TPSA) is 75.0 Å². The van der Waals surface area contributed by atoms with Crippen LogP contribution in [0.25, 0.3) is 5.70 Å². The average molecular weight is 200 g/mol. The molecule has 0 unspecified atom stereocenters. The van der Waals surface area contributed by atoms with Gasteiger partial charge in [0.05, 0.1) is 12.5 Å². The van der Waals surface area contributed by atoms with E-state index >= 15 is 0 Å². The fourth-order valence-corrected chi connectivity index (χ4v) is 1.31. The van der Waals surface area contributed by atoms with Crippen molar-refractivity contribution in [2.45, 2.75) is 0 Å². The van der Waals surface area contributed by atoms with Crippen molar-refractivity contribution in [1.29, 1.82) is 0 Å². The molecule has 0 aliphatic carbocycles. The first-order chi connectivity index (χ1) is 7.45. The van der Waals surface area contributed by atoms with Gasteiger partial charge in [0.15, 0.2) is 0 Å². The monoisotopic (exact) mass is 200 g/mol. The van der Waals surface area contributed by atoms with Crippen LogP contribution < -0.4 is 5.43 Å². The van der Waals surface area contributed by atoms with Crippen LogP contribution in [-0.2, 0) is 0 Å². The number of hydrogen-bond acceptors (Lipinski definition) is 4. The van der Waals surface area contributed by atoms with Crippen LogP contribution in [0.4, 0.5) is 0 Å². The quantitative estimate of drug-likeness (QED) is 0.637. The third-order valence-corrected chi connectivity index (χ3v) is 1.98. The van der Waals surface area contributed by atoms with Crippen LogP contribution >= 0.6 is 0 Å². The summed E-state index contributed by atoms with van der Waals surface area (Å²) in [5.41, 5.74) is 4.66. The van der Waals surface area contributed by atoms with E-state index in [1.807, 2.05) is 10.8 Å². The van der Waals surface area contributed by atoms with Crippen LogP contribution in [0, 0.1) is 0 Å². The molecule has 73 valence electrons. The van der Waals surface area contributed by atoms with Crippen molar-refractivity contribution < 1.29 is 0 Å². The molecule has 0 spiro atoms. The molecule has 3 rings (SSSR count). The first kappa shape index (κ1) is 7.92. The van der Waals surface area contributed by atoms with Crippen molar-refractivity contribution in [3.05, 3.63) is 37.6 Å². The van der Waals surface area contributed by atoms with Gasteiger partial charge in [-0.1, -0.05) is 0 Å². The molecule has 7 nitrogen and oxygen atoms in total. The lowest BCUT2D eigenvalue weighted by Crippen LogP contribution is -2.15. The van der Waals surface area contributed by atoms with Gasteiger partial charge >= 0.3 is 0 Å². The molecule has 3 heterocycles. The van der Waals surface area contributed by atoms with Crippen molar-refractivity contribution in [2.75, 3.05) is 0 Å². The second-order valence-electron chi connectivity index (χ2n) is 2.86. The Bertz CT molecular complexity index is 457. The maximum atomic E-state index is 4.00. The van der Waals surface area contributed by atoms with Crippen LogP contribution in [0.15, 0.2) is 42.7 Å². The zero-order valence-electron chi connectivity index (χ0n) is 7.59.